The summed E-state index contributed by atoms with van der Waals surface area (Å²) in [5, 5.41) is 19.1. The van der Waals surface area contributed by atoms with Crippen LogP contribution in [0.4, 0.5) is 5.82 Å². The molecular formula is C14H15N3O3. The first-order valence-electron chi connectivity index (χ1n) is 6.53. The van der Waals surface area contributed by atoms with Crippen LogP contribution in [-0.2, 0) is 0 Å². The molecule has 1 fully saturated rings. The molecule has 1 aliphatic heterocycles. The van der Waals surface area contributed by atoms with E-state index >= 15 is 0 Å². The predicted molar refractivity (Wildman–Crippen MR) is 73.9 cm³/mol. The van der Waals surface area contributed by atoms with Crippen molar-refractivity contribution in [2.45, 2.75) is 6.42 Å². The Kier molecular flexibility index (Phi) is 3.23. The van der Waals surface area contributed by atoms with E-state index in [0.717, 1.165) is 30.7 Å². The number of carbonyl (C=O) groups is 1. The van der Waals surface area contributed by atoms with Crippen molar-refractivity contribution in [1.29, 1.82) is 0 Å². The number of hydrogen-bond acceptors (Lipinski definition) is 5. The maximum absolute atomic E-state index is 11.0. The lowest BCUT2D eigenvalue weighted by Gasteiger charge is -2.18. The molecule has 0 radical (unpaired) electrons. The summed E-state index contributed by atoms with van der Waals surface area (Å²) in [6.07, 6.45) is 2.39. The Morgan fingerprint density at radius 2 is 2.25 bits per heavy atom. The van der Waals surface area contributed by atoms with Crippen LogP contribution >= 0.6 is 0 Å². The zero-order valence-electron chi connectivity index (χ0n) is 10.9. The molecular weight excluding hydrogens is 258 g/mol. The van der Waals surface area contributed by atoms with E-state index in [1.165, 1.54) is 6.33 Å². The van der Waals surface area contributed by atoms with Gasteiger partial charge in [-0.25, -0.2) is 14.8 Å². The largest absolute Gasteiger partial charge is 0.478 e. The minimum atomic E-state index is -0.964. The zero-order chi connectivity index (χ0) is 14.1. The average molecular weight is 273 g/mol. The first-order valence-corrected chi connectivity index (χ1v) is 6.53. The minimum absolute atomic E-state index is 0.183. The Labute approximate surface area is 115 Å². The number of aromatic nitrogens is 2. The second kappa shape index (κ2) is 5.05. The van der Waals surface area contributed by atoms with Crippen LogP contribution in [0.25, 0.3) is 10.9 Å². The third-order valence-corrected chi connectivity index (χ3v) is 3.71. The first kappa shape index (κ1) is 12.8. The zero-order valence-corrected chi connectivity index (χ0v) is 10.9. The van der Waals surface area contributed by atoms with E-state index < -0.39 is 5.97 Å². The summed E-state index contributed by atoms with van der Waals surface area (Å²) in [4.78, 5) is 21.6. The van der Waals surface area contributed by atoms with Crippen LogP contribution in [0.15, 0.2) is 24.5 Å². The summed E-state index contributed by atoms with van der Waals surface area (Å²) in [6, 6.07) is 4.87. The van der Waals surface area contributed by atoms with Crippen LogP contribution in [0.3, 0.4) is 0 Å². The van der Waals surface area contributed by atoms with Crippen molar-refractivity contribution in [3.05, 3.63) is 30.1 Å². The van der Waals surface area contributed by atoms with Crippen molar-refractivity contribution in [1.82, 2.24) is 9.97 Å². The van der Waals surface area contributed by atoms with Gasteiger partial charge in [0.05, 0.1) is 11.1 Å². The summed E-state index contributed by atoms with van der Waals surface area (Å²) in [6.45, 7) is 1.80. The number of hydrogen-bond donors (Lipinski definition) is 2. The Hall–Kier alpha value is -2.21. The normalized spacial score (nSPS) is 18.6. The lowest BCUT2D eigenvalue weighted by Crippen LogP contribution is -2.22. The van der Waals surface area contributed by atoms with Gasteiger partial charge < -0.3 is 15.1 Å². The first-order chi connectivity index (χ1) is 9.69. The van der Waals surface area contributed by atoms with Gasteiger partial charge in [-0.05, 0) is 24.6 Å². The Morgan fingerprint density at radius 3 is 2.95 bits per heavy atom. The number of carboxylic acid groups (broad SMARTS) is 1. The van der Waals surface area contributed by atoms with Crippen LogP contribution < -0.4 is 4.90 Å². The van der Waals surface area contributed by atoms with Crippen LogP contribution in [0, 0.1) is 5.92 Å². The van der Waals surface area contributed by atoms with Crippen molar-refractivity contribution in [2.24, 2.45) is 5.92 Å². The smallest absolute Gasteiger partial charge is 0.335 e. The lowest BCUT2D eigenvalue weighted by atomic mass is 10.1. The molecule has 1 aromatic carbocycles. The number of anilines is 1. The van der Waals surface area contributed by atoms with Gasteiger partial charge in [-0.1, -0.05) is 0 Å². The fourth-order valence-corrected chi connectivity index (χ4v) is 2.60. The van der Waals surface area contributed by atoms with Crippen LogP contribution in [0.2, 0.25) is 0 Å². The Bertz CT molecular complexity index is 659. The van der Waals surface area contributed by atoms with Gasteiger partial charge in [0.1, 0.15) is 12.1 Å². The number of aliphatic hydroxyl groups excluding tert-OH is 1. The quantitative estimate of drug-likeness (QED) is 0.872. The molecule has 104 valence electrons. The number of nitrogens with zero attached hydrogens (tertiary/aromatic N) is 3. The topological polar surface area (TPSA) is 86.5 Å². The summed E-state index contributed by atoms with van der Waals surface area (Å²) in [7, 11) is 0. The highest BCUT2D eigenvalue weighted by atomic mass is 16.4. The third kappa shape index (κ3) is 2.18. The van der Waals surface area contributed by atoms with Crippen molar-refractivity contribution in [3.8, 4) is 0 Å². The predicted octanol–water partition coefficient (Wildman–Crippen LogP) is 1.15. The van der Waals surface area contributed by atoms with Gasteiger partial charge in [-0.2, -0.15) is 0 Å². The highest BCUT2D eigenvalue weighted by Crippen LogP contribution is 2.28. The van der Waals surface area contributed by atoms with Gasteiger partial charge in [0.25, 0.3) is 0 Å². The highest BCUT2D eigenvalue weighted by Gasteiger charge is 2.24. The molecule has 0 aliphatic carbocycles. The van der Waals surface area contributed by atoms with Gasteiger partial charge in [-0.15, -0.1) is 0 Å². The number of carboxylic acids is 1. The van der Waals surface area contributed by atoms with Crippen molar-refractivity contribution >= 4 is 22.7 Å². The van der Waals surface area contributed by atoms with E-state index in [9.17, 15) is 9.90 Å². The molecule has 6 heteroatoms. The summed E-state index contributed by atoms with van der Waals surface area (Å²) in [5.74, 6) is 0.120. The standard InChI is InChI=1S/C14H15N3O3/c18-7-9-3-4-17(6-9)13-11-2-1-10(14(19)20)5-12(11)15-8-16-13/h1-2,5,8-9,18H,3-4,6-7H2,(H,19,20). The van der Waals surface area contributed by atoms with Crippen molar-refractivity contribution in [2.75, 3.05) is 24.6 Å². The summed E-state index contributed by atoms with van der Waals surface area (Å²) >= 11 is 0. The molecule has 0 bridgehead atoms. The molecule has 1 aromatic heterocycles. The van der Waals surface area contributed by atoms with Gasteiger partial charge in [0, 0.05) is 31.0 Å². The SMILES string of the molecule is O=C(O)c1ccc2c(N3CCC(CO)C3)ncnc2c1. The molecule has 1 atom stereocenters. The van der Waals surface area contributed by atoms with Gasteiger partial charge in [-0.3, -0.25) is 0 Å². The van der Waals surface area contributed by atoms with E-state index in [1.807, 2.05) is 0 Å². The fraction of sp³-hybridized carbons (Fsp3) is 0.357. The Morgan fingerprint density at radius 1 is 1.40 bits per heavy atom. The lowest BCUT2D eigenvalue weighted by molar-refractivity contribution is 0.0697. The van der Waals surface area contributed by atoms with E-state index in [2.05, 4.69) is 14.9 Å². The molecule has 6 nitrogen and oxygen atoms in total. The van der Waals surface area contributed by atoms with Crippen LogP contribution in [-0.4, -0.2) is 45.8 Å². The number of fused-ring (bicyclic) bond motifs is 1. The molecule has 3 rings (SSSR count). The number of rotatable bonds is 3. The molecule has 2 N–H and O–H groups in total. The van der Waals surface area contributed by atoms with E-state index in [-0.39, 0.29) is 18.1 Å². The van der Waals surface area contributed by atoms with Gasteiger partial charge >= 0.3 is 5.97 Å². The fourth-order valence-electron chi connectivity index (χ4n) is 2.60. The number of benzene rings is 1. The molecule has 0 amide bonds. The van der Waals surface area contributed by atoms with E-state index in [0.29, 0.717) is 5.52 Å². The van der Waals surface area contributed by atoms with E-state index in [4.69, 9.17) is 5.11 Å². The maximum Gasteiger partial charge on any atom is 0.335 e. The second-order valence-corrected chi connectivity index (χ2v) is 5.02. The minimum Gasteiger partial charge on any atom is -0.478 e. The molecule has 0 spiro atoms. The van der Waals surface area contributed by atoms with Gasteiger partial charge in [0.2, 0.25) is 0 Å². The average Bonchev–Trinajstić information content (AvgIpc) is 2.94. The van der Waals surface area contributed by atoms with Crippen LogP contribution in [0.1, 0.15) is 16.8 Å². The summed E-state index contributed by atoms with van der Waals surface area (Å²) in [5.41, 5.74) is 0.846. The van der Waals surface area contributed by atoms with Crippen LogP contribution in [0.5, 0.6) is 0 Å². The maximum atomic E-state index is 11.0. The third-order valence-electron chi connectivity index (χ3n) is 3.71. The van der Waals surface area contributed by atoms with Crippen molar-refractivity contribution in [3.63, 3.8) is 0 Å². The molecule has 2 aromatic rings. The second-order valence-electron chi connectivity index (χ2n) is 5.02. The van der Waals surface area contributed by atoms with Crippen molar-refractivity contribution < 1.29 is 15.0 Å². The van der Waals surface area contributed by atoms with Gasteiger partial charge in [0.15, 0.2) is 0 Å². The summed E-state index contributed by atoms with van der Waals surface area (Å²) < 4.78 is 0. The Balaban J connectivity index is 2.02. The molecule has 1 aliphatic rings. The highest BCUT2D eigenvalue weighted by molar-refractivity contribution is 5.96. The molecule has 20 heavy (non-hydrogen) atoms. The van der Waals surface area contributed by atoms with E-state index in [1.54, 1.807) is 18.2 Å². The number of aromatic carboxylic acids is 1. The number of aliphatic hydroxyl groups is 1. The molecule has 2 heterocycles. The molecule has 1 unspecified atom stereocenters. The molecule has 1 saturated heterocycles. The monoisotopic (exact) mass is 273 g/mol. The molecule has 0 saturated carbocycles.